The van der Waals surface area contributed by atoms with Crippen LogP contribution in [0.1, 0.15) is 37.5 Å². The number of aliphatic hydroxyl groups is 1. The number of rotatable bonds is 4. The number of hydrogen-bond acceptors (Lipinski definition) is 2. The highest BCUT2D eigenvalue weighted by molar-refractivity contribution is 5.29. The molecule has 2 atom stereocenters. The predicted octanol–water partition coefficient (Wildman–Crippen LogP) is 3.69. The molecule has 0 saturated carbocycles. The second-order valence-corrected chi connectivity index (χ2v) is 4.51. The zero-order valence-corrected chi connectivity index (χ0v) is 10.9. The molecule has 0 saturated heterocycles. The first-order chi connectivity index (χ1) is 8.65. The van der Waals surface area contributed by atoms with Crippen molar-refractivity contribution in [1.29, 1.82) is 0 Å². The number of aliphatic hydroxyl groups excluding tert-OH is 1. The Labute approximate surface area is 109 Å². The van der Waals surface area contributed by atoms with E-state index in [1.807, 2.05) is 0 Å². The molecule has 0 spiro atoms. The highest BCUT2D eigenvalue weighted by atomic mass is 19.4. The lowest BCUT2D eigenvalue weighted by Crippen LogP contribution is -2.34. The Balaban J connectivity index is 3.15. The van der Waals surface area contributed by atoms with Crippen LogP contribution in [0.4, 0.5) is 17.6 Å². The Morgan fingerprint density at radius 2 is 1.89 bits per heavy atom. The molecule has 108 valence electrons. The zero-order chi connectivity index (χ0) is 14.8. The molecular formula is C13H16F4O2. The Morgan fingerprint density at radius 3 is 2.26 bits per heavy atom. The molecular weight excluding hydrogens is 264 g/mol. The van der Waals surface area contributed by atoms with Crippen LogP contribution >= 0.6 is 0 Å². The monoisotopic (exact) mass is 280 g/mol. The zero-order valence-electron chi connectivity index (χ0n) is 10.9. The van der Waals surface area contributed by atoms with Crippen molar-refractivity contribution in [1.82, 2.24) is 0 Å². The molecule has 0 aromatic heterocycles. The lowest BCUT2D eigenvalue weighted by Gasteiger charge is -2.32. The Kier molecular flexibility index (Phi) is 4.58. The average molecular weight is 280 g/mol. The van der Waals surface area contributed by atoms with Gasteiger partial charge in [-0.2, -0.15) is 13.2 Å². The minimum Gasteiger partial charge on any atom is -0.385 e. The first-order valence-corrected chi connectivity index (χ1v) is 5.75. The number of alkyl halides is 3. The standard InChI is InChI=1S/C13H16F4O2/c1-4-12(2,19-3)11(18)8-5-6-9(10(14)7-8)13(15,16)17/h5-7,11,18H,4H2,1-3H3. The summed E-state index contributed by atoms with van der Waals surface area (Å²) in [4.78, 5) is 0. The maximum absolute atomic E-state index is 13.4. The van der Waals surface area contributed by atoms with Crippen LogP contribution < -0.4 is 0 Å². The van der Waals surface area contributed by atoms with Gasteiger partial charge in [0.05, 0.1) is 11.2 Å². The third-order valence-electron chi connectivity index (χ3n) is 3.36. The van der Waals surface area contributed by atoms with Crippen LogP contribution in [0.3, 0.4) is 0 Å². The van der Waals surface area contributed by atoms with E-state index >= 15 is 0 Å². The van der Waals surface area contributed by atoms with Crippen molar-refractivity contribution in [3.05, 3.63) is 35.1 Å². The van der Waals surface area contributed by atoms with E-state index < -0.39 is 29.3 Å². The number of hydrogen-bond donors (Lipinski definition) is 1. The van der Waals surface area contributed by atoms with E-state index in [9.17, 15) is 22.7 Å². The third-order valence-corrected chi connectivity index (χ3v) is 3.36. The molecule has 6 heteroatoms. The van der Waals surface area contributed by atoms with E-state index in [-0.39, 0.29) is 5.56 Å². The van der Waals surface area contributed by atoms with E-state index in [1.54, 1.807) is 13.8 Å². The van der Waals surface area contributed by atoms with Gasteiger partial charge in [-0.1, -0.05) is 13.0 Å². The number of methoxy groups -OCH3 is 1. The van der Waals surface area contributed by atoms with Crippen LogP contribution in [0, 0.1) is 5.82 Å². The molecule has 0 radical (unpaired) electrons. The summed E-state index contributed by atoms with van der Waals surface area (Å²) in [5.41, 5.74) is -2.28. The normalized spacial score (nSPS) is 17.1. The van der Waals surface area contributed by atoms with Crippen LogP contribution in [0.15, 0.2) is 18.2 Å². The lowest BCUT2D eigenvalue weighted by atomic mass is 9.89. The van der Waals surface area contributed by atoms with Crippen LogP contribution in [-0.2, 0) is 10.9 Å². The largest absolute Gasteiger partial charge is 0.419 e. The van der Waals surface area contributed by atoms with Crippen LogP contribution in [0.2, 0.25) is 0 Å². The molecule has 0 bridgehead atoms. The molecule has 1 aromatic rings. The molecule has 0 fully saturated rings. The smallest absolute Gasteiger partial charge is 0.385 e. The Morgan fingerprint density at radius 1 is 1.32 bits per heavy atom. The fourth-order valence-corrected chi connectivity index (χ4v) is 1.73. The first-order valence-electron chi connectivity index (χ1n) is 5.75. The van der Waals surface area contributed by atoms with Crippen molar-refractivity contribution in [3.8, 4) is 0 Å². The van der Waals surface area contributed by atoms with Gasteiger partial charge in [-0.25, -0.2) is 4.39 Å². The predicted molar refractivity (Wildman–Crippen MR) is 62.1 cm³/mol. The summed E-state index contributed by atoms with van der Waals surface area (Å²) in [5.74, 6) is -1.40. The minimum atomic E-state index is -4.75. The summed E-state index contributed by atoms with van der Waals surface area (Å²) in [6.45, 7) is 3.36. The summed E-state index contributed by atoms with van der Waals surface area (Å²) < 4.78 is 55.8. The Hall–Kier alpha value is -1.14. The fraction of sp³-hybridized carbons (Fsp3) is 0.538. The Bertz CT molecular complexity index is 439. The van der Waals surface area contributed by atoms with Crippen molar-refractivity contribution < 1.29 is 27.4 Å². The van der Waals surface area contributed by atoms with Gasteiger partial charge >= 0.3 is 6.18 Å². The number of halogens is 4. The molecule has 19 heavy (non-hydrogen) atoms. The van der Waals surface area contributed by atoms with Gasteiger partial charge in [0.2, 0.25) is 0 Å². The lowest BCUT2D eigenvalue weighted by molar-refractivity contribution is -0.140. The molecule has 2 unspecified atom stereocenters. The van der Waals surface area contributed by atoms with Crippen molar-refractivity contribution in [2.24, 2.45) is 0 Å². The van der Waals surface area contributed by atoms with Crippen molar-refractivity contribution >= 4 is 0 Å². The third kappa shape index (κ3) is 3.25. The van der Waals surface area contributed by atoms with E-state index in [2.05, 4.69) is 0 Å². The first kappa shape index (κ1) is 15.9. The second kappa shape index (κ2) is 5.46. The van der Waals surface area contributed by atoms with Gasteiger partial charge in [-0.3, -0.25) is 0 Å². The SMILES string of the molecule is CCC(C)(OC)C(O)c1ccc(C(F)(F)F)c(F)c1. The second-order valence-electron chi connectivity index (χ2n) is 4.51. The van der Waals surface area contributed by atoms with Crippen LogP contribution in [-0.4, -0.2) is 17.8 Å². The summed E-state index contributed by atoms with van der Waals surface area (Å²) in [6, 6.07) is 2.38. The molecule has 0 aliphatic rings. The van der Waals surface area contributed by atoms with Gasteiger partial charge in [-0.15, -0.1) is 0 Å². The van der Waals surface area contributed by atoms with E-state index in [0.29, 0.717) is 18.6 Å². The molecule has 0 aliphatic carbocycles. The van der Waals surface area contributed by atoms with Gasteiger partial charge in [0, 0.05) is 7.11 Å². The molecule has 1 rings (SSSR count). The topological polar surface area (TPSA) is 29.5 Å². The van der Waals surface area contributed by atoms with Crippen molar-refractivity contribution in [2.45, 2.75) is 38.1 Å². The van der Waals surface area contributed by atoms with Gasteiger partial charge in [0.15, 0.2) is 0 Å². The molecule has 0 heterocycles. The highest BCUT2D eigenvalue weighted by Gasteiger charge is 2.36. The summed E-state index contributed by atoms with van der Waals surface area (Å²) >= 11 is 0. The quantitative estimate of drug-likeness (QED) is 0.852. The fourth-order valence-electron chi connectivity index (χ4n) is 1.73. The highest BCUT2D eigenvalue weighted by Crippen LogP contribution is 2.35. The summed E-state index contributed by atoms with van der Waals surface area (Å²) in [6.07, 6.45) is -5.53. The number of benzene rings is 1. The maximum atomic E-state index is 13.4. The number of ether oxygens (including phenoxy) is 1. The van der Waals surface area contributed by atoms with Gasteiger partial charge in [-0.05, 0) is 31.0 Å². The molecule has 0 aliphatic heterocycles. The molecule has 0 amide bonds. The van der Waals surface area contributed by atoms with Gasteiger partial charge in [0.25, 0.3) is 0 Å². The van der Waals surface area contributed by atoms with E-state index in [0.717, 1.165) is 6.07 Å². The van der Waals surface area contributed by atoms with Crippen molar-refractivity contribution in [2.75, 3.05) is 7.11 Å². The van der Waals surface area contributed by atoms with Crippen molar-refractivity contribution in [3.63, 3.8) is 0 Å². The molecule has 1 aromatic carbocycles. The van der Waals surface area contributed by atoms with E-state index in [1.165, 1.54) is 7.11 Å². The van der Waals surface area contributed by atoms with Crippen LogP contribution in [0.5, 0.6) is 0 Å². The maximum Gasteiger partial charge on any atom is 0.419 e. The molecule has 2 nitrogen and oxygen atoms in total. The summed E-state index contributed by atoms with van der Waals surface area (Å²) in [5, 5.41) is 10.1. The molecule has 1 N–H and O–H groups in total. The van der Waals surface area contributed by atoms with Gasteiger partial charge < -0.3 is 9.84 Å². The average Bonchev–Trinajstić information content (AvgIpc) is 2.35. The van der Waals surface area contributed by atoms with Crippen LogP contribution in [0.25, 0.3) is 0 Å². The van der Waals surface area contributed by atoms with Gasteiger partial charge in [0.1, 0.15) is 11.9 Å². The summed E-state index contributed by atoms with van der Waals surface area (Å²) in [7, 11) is 1.38. The minimum absolute atomic E-state index is 0.0525. The van der Waals surface area contributed by atoms with E-state index in [4.69, 9.17) is 4.74 Å².